The van der Waals surface area contributed by atoms with E-state index >= 15 is 0 Å². The van der Waals surface area contributed by atoms with E-state index in [1.165, 1.54) is 13.0 Å². The molecule has 7 heteroatoms. The second-order valence-electron chi connectivity index (χ2n) is 4.24. The minimum atomic E-state index is -3.57. The zero-order valence-corrected chi connectivity index (χ0v) is 12.7. The van der Waals surface area contributed by atoms with Gasteiger partial charge in [0.2, 0.25) is 15.9 Å². The smallest absolute Gasteiger partial charge is 0.240 e. The Kier molecular flexibility index (Phi) is 5.97. The van der Waals surface area contributed by atoms with Crippen molar-refractivity contribution in [2.75, 3.05) is 19.7 Å². The highest BCUT2D eigenvalue weighted by Crippen LogP contribution is 2.21. The number of hydrogen-bond acceptors (Lipinski definition) is 4. The van der Waals surface area contributed by atoms with Gasteiger partial charge in [0.15, 0.2) is 0 Å². The van der Waals surface area contributed by atoms with Crippen molar-refractivity contribution in [1.82, 2.24) is 10.0 Å². The molecule has 0 saturated carbocycles. The summed E-state index contributed by atoms with van der Waals surface area (Å²) in [6.07, 6.45) is 0. The van der Waals surface area contributed by atoms with E-state index in [0.29, 0.717) is 12.4 Å². The van der Waals surface area contributed by atoms with Gasteiger partial charge in [-0.1, -0.05) is 0 Å². The molecule has 1 rings (SSSR count). The van der Waals surface area contributed by atoms with Crippen LogP contribution in [0.3, 0.4) is 0 Å². The zero-order valence-electron chi connectivity index (χ0n) is 11.9. The highest BCUT2D eigenvalue weighted by atomic mass is 32.2. The van der Waals surface area contributed by atoms with Gasteiger partial charge in [0.05, 0.1) is 11.5 Å². The molecule has 0 unspecified atom stereocenters. The Bertz CT molecular complexity index is 570. The Hall–Kier alpha value is -1.60. The standard InChI is InChI=1S/C13H20N2O4S/c1-4-19-13-6-5-12(9-10(13)2)20(17,18)15-8-7-14-11(3)16/h5-6,9,15H,4,7-8H2,1-3H3,(H,14,16). The summed E-state index contributed by atoms with van der Waals surface area (Å²) in [5.74, 6) is 0.478. The number of ether oxygens (including phenoxy) is 1. The molecule has 0 saturated heterocycles. The van der Waals surface area contributed by atoms with E-state index in [0.717, 1.165) is 5.56 Å². The Balaban J connectivity index is 2.72. The van der Waals surface area contributed by atoms with Crippen LogP contribution >= 0.6 is 0 Å². The van der Waals surface area contributed by atoms with Crippen LogP contribution in [0.1, 0.15) is 19.4 Å². The van der Waals surface area contributed by atoms with Crippen LogP contribution in [0.5, 0.6) is 5.75 Å². The molecule has 20 heavy (non-hydrogen) atoms. The molecule has 0 aliphatic heterocycles. The van der Waals surface area contributed by atoms with Gasteiger partial charge in [-0.15, -0.1) is 0 Å². The van der Waals surface area contributed by atoms with Crippen molar-refractivity contribution in [2.45, 2.75) is 25.7 Å². The Labute approximate surface area is 119 Å². The number of aryl methyl sites for hydroxylation is 1. The lowest BCUT2D eigenvalue weighted by molar-refractivity contribution is -0.118. The Morgan fingerprint density at radius 2 is 2.00 bits per heavy atom. The van der Waals surface area contributed by atoms with Gasteiger partial charge in [-0.2, -0.15) is 0 Å². The number of benzene rings is 1. The Morgan fingerprint density at radius 3 is 2.55 bits per heavy atom. The van der Waals surface area contributed by atoms with Gasteiger partial charge >= 0.3 is 0 Å². The fourth-order valence-corrected chi connectivity index (χ4v) is 2.73. The molecule has 6 nitrogen and oxygen atoms in total. The first-order valence-corrected chi connectivity index (χ1v) is 7.82. The van der Waals surface area contributed by atoms with E-state index in [1.54, 1.807) is 19.1 Å². The van der Waals surface area contributed by atoms with Crippen molar-refractivity contribution in [1.29, 1.82) is 0 Å². The van der Waals surface area contributed by atoms with Crippen LogP contribution in [0.2, 0.25) is 0 Å². The predicted molar refractivity (Wildman–Crippen MR) is 76.2 cm³/mol. The van der Waals surface area contributed by atoms with Crippen molar-refractivity contribution in [3.8, 4) is 5.75 Å². The number of carbonyl (C=O) groups excluding carboxylic acids is 1. The molecule has 0 heterocycles. The fraction of sp³-hybridized carbons (Fsp3) is 0.462. The summed E-state index contributed by atoms with van der Waals surface area (Å²) in [5.41, 5.74) is 0.761. The van der Waals surface area contributed by atoms with Gasteiger partial charge in [-0.3, -0.25) is 4.79 Å². The number of rotatable bonds is 7. The topological polar surface area (TPSA) is 84.5 Å². The lowest BCUT2D eigenvalue weighted by Gasteiger charge is -2.10. The largest absolute Gasteiger partial charge is 0.494 e. The number of nitrogens with one attached hydrogen (secondary N) is 2. The van der Waals surface area contributed by atoms with Crippen molar-refractivity contribution in [3.63, 3.8) is 0 Å². The molecule has 1 aromatic carbocycles. The average molecular weight is 300 g/mol. The first-order valence-electron chi connectivity index (χ1n) is 6.34. The molecular formula is C13H20N2O4S. The summed E-state index contributed by atoms with van der Waals surface area (Å²) in [6.45, 7) is 5.97. The van der Waals surface area contributed by atoms with Crippen LogP contribution in [0.15, 0.2) is 23.1 Å². The number of hydrogen-bond donors (Lipinski definition) is 2. The summed E-state index contributed by atoms with van der Waals surface area (Å²) in [6, 6.07) is 4.70. The van der Waals surface area contributed by atoms with Crippen molar-refractivity contribution < 1.29 is 17.9 Å². The first kappa shape index (κ1) is 16.5. The van der Waals surface area contributed by atoms with Crippen molar-refractivity contribution >= 4 is 15.9 Å². The van der Waals surface area contributed by atoms with Crippen LogP contribution in [-0.2, 0) is 14.8 Å². The van der Waals surface area contributed by atoms with Crippen LogP contribution in [0.25, 0.3) is 0 Å². The molecule has 112 valence electrons. The highest BCUT2D eigenvalue weighted by molar-refractivity contribution is 7.89. The normalized spacial score (nSPS) is 11.2. The minimum absolute atomic E-state index is 0.147. The van der Waals surface area contributed by atoms with E-state index in [1.807, 2.05) is 6.92 Å². The summed E-state index contributed by atoms with van der Waals surface area (Å²) < 4.78 is 31.9. The SMILES string of the molecule is CCOc1ccc(S(=O)(=O)NCCNC(C)=O)cc1C. The van der Waals surface area contributed by atoms with Crippen LogP contribution in [0.4, 0.5) is 0 Å². The lowest BCUT2D eigenvalue weighted by atomic mass is 10.2. The van der Waals surface area contributed by atoms with E-state index < -0.39 is 10.0 Å². The molecular weight excluding hydrogens is 280 g/mol. The van der Waals surface area contributed by atoms with Gasteiger partial charge in [0, 0.05) is 20.0 Å². The third-order valence-corrected chi connectivity index (χ3v) is 4.01. The summed E-state index contributed by atoms with van der Waals surface area (Å²) in [5, 5.41) is 2.52. The minimum Gasteiger partial charge on any atom is -0.494 e. The molecule has 0 fully saturated rings. The van der Waals surface area contributed by atoms with Gasteiger partial charge in [0.1, 0.15) is 5.75 Å². The fourth-order valence-electron chi connectivity index (χ4n) is 1.61. The summed E-state index contributed by atoms with van der Waals surface area (Å²) in [4.78, 5) is 10.9. The van der Waals surface area contributed by atoms with Crippen LogP contribution in [0, 0.1) is 6.92 Å². The molecule has 0 spiro atoms. The van der Waals surface area contributed by atoms with Gasteiger partial charge < -0.3 is 10.1 Å². The van der Waals surface area contributed by atoms with E-state index in [9.17, 15) is 13.2 Å². The summed E-state index contributed by atoms with van der Waals surface area (Å²) in [7, 11) is -3.57. The summed E-state index contributed by atoms with van der Waals surface area (Å²) >= 11 is 0. The van der Waals surface area contributed by atoms with Crippen molar-refractivity contribution in [2.24, 2.45) is 0 Å². The molecule has 0 atom stereocenters. The van der Waals surface area contributed by atoms with E-state index in [2.05, 4.69) is 10.0 Å². The maximum absolute atomic E-state index is 12.0. The zero-order chi connectivity index (χ0) is 15.2. The van der Waals surface area contributed by atoms with Gasteiger partial charge in [-0.25, -0.2) is 13.1 Å². The van der Waals surface area contributed by atoms with Crippen molar-refractivity contribution in [3.05, 3.63) is 23.8 Å². The van der Waals surface area contributed by atoms with Gasteiger partial charge in [0.25, 0.3) is 0 Å². The molecule has 1 aromatic rings. The maximum atomic E-state index is 12.0. The van der Waals surface area contributed by atoms with Gasteiger partial charge in [-0.05, 0) is 37.6 Å². The third-order valence-electron chi connectivity index (χ3n) is 2.55. The predicted octanol–water partition coefficient (Wildman–Crippen LogP) is 0.808. The van der Waals surface area contributed by atoms with E-state index in [-0.39, 0.29) is 23.9 Å². The number of amides is 1. The van der Waals surface area contributed by atoms with Crippen LogP contribution < -0.4 is 14.8 Å². The first-order chi connectivity index (χ1) is 9.36. The maximum Gasteiger partial charge on any atom is 0.240 e. The quantitative estimate of drug-likeness (QED) is 0.730. The number of sulfonamides is 1. The molecule has 0 bridgehead atoms. The molecule has 0 radical (unpaired) electrons. The molecule has 2 N–H and O–H groups in total. The second-order valence-corrected chi connectivity index (χ2v) is 6.01. The van der Waals surface area contributed by atoms with Crippen LogP contribution in [-0.4, -0.2) is 34.0 Å². The third kappa shape index (κ3) is 4.82. The number of carbonyl (C=O) groups is 1. The lowest BCUT2D eigenvalue weighted by Crippen LogP contribution is -2.33. The molecule has 0 aliphatic rings. The highest BCUT2D eigenvalue weighted by Gasteiger charge is 2.14. The second kappa shape index (κ2) is 7.25. The molecule has 1 amide bonds. The monoisotopic (exact) mass is 300 g/mol. The Morgan fingerprint density at radius 1 is 1.30 bits per heavy atom. The molecule has 0 aliphatic carbocycles. The van der Waals surface area contributed by atoms with E-state index in [4.69, 9.17) is 4.74 Å². The molecule has 0 aromatic heterocycles. The average Bonchev–Trinajstić information content (AvgIpc) is 2.37.